The molecule has 0 saturated heterocycles. The molecule has 1 aliphatic heterocycles. The van der Waals surface area contributed by atoms with E-state index in [0.29, 0.717) is 12.2 Å². The van der Waals surface area contributed by atoms with Gasteiger partial charge in [0.05, 0.1) is 27.9 Å². The highest BCUT2D eigenvalue weighted by Crippen LogP contribution is 2.47. The highest BCUT2D eigenvalue weighted by molar-refractivity contribution is 7.22. The number of aromatic nitrogens is 2. The third kappa shape index (κ3) is 4.53. The Balaban J connectivity index is 1.89. The van der Waals surface area contributed by atoms with E-state index in [4.69, 9.17) is 19.4 Å². The zero-order valence-electron chi connectivity index (χ0n) is 22.2. The number of thiazole rings is 1. The molecule has 1 atom stereocenters. The van der Waals surface area contributed by atoms with Crippen LogP contribution < -0.4 is 9.64 Å². The lowest BCUT2D eigenvalue weighted by atomic mass is 9.89. The summed E-state index contributed by atoms with van der Waals surface area (Å²) < 4.78 is 13.1. The number of anilines is 1. The first kappa shape index (κ1) is 25.4. The number of aryl methyl sites for hydroxylation is 1. The Morgan fingerprint density at radius 1 is 1.24 bits per heavy atom. The first-order chi connectivity index (χ1) is 17.6. The number of ether oxygens (including phenoxy) is 2. The number of benzene rings is 2. The Bertz CT molecular complexity index is 1490. The quantitative estimate of drug-likeness (QED) is 0.297. The molecule has 2 aromatic heterocycles. The van der Waals surface area contributed by atoms with E-state index in [1.165, 1.54) is 5.56 Å². The van der Waals surface area contributed by atoms with E-state index in [1.807, 2.05) is 58.2 Å². The lowest BCUT2D eigenvalue weighted by Crippen LogP contribution is -2.28. The van der Waals surface area contributed by atoms with Gasteiger partial charge in [0.15, 0.2) is 11.2 Å². The lowest BCUT2D eigenvalue weighted by Gasteiger charge is -2.28. The van der Waals surface area contributed by atoms with Crippen molar-refractivity contribution in [1.82, 2.24) is 9.97 Å². The molecule has 8 heteroatoms. The van der Waals surface area contributed by atoms with Crippen LogP contribution in [0.1, 0.15) is 57.4 Å². The summed E-state index contributed by atoms with van der Waals surface area (Å²) in [5.41, 5.74) is 5.34. The highest BCUT2D eigenvalue weighted by atomic mass is 32.1. The molecule has 0 spiro atoms. The summed E-state index contributed by atoms with van der Waals surface area (Å²) in [5.74, 6) is -0.210. The van der Waals surface area contributed by atoms with Crippen LogP contribution in [0.15, 0.2) is 30.5 Å². The van der Waals surface area contributed by atoms with E-state index in [-0.39, 0.29) is 0 Å². The summed E-state index contributed by atoms with van der Waals surface area (Å²) in [7, 11) is 0. The minimum Gasteiger partial charge on any atom is -0.493 e. The molecule has 0 bridgehead atoms. The van der Waals surface area contributed by atoms with Gasteiger partial charge in [0.25, 0.3) is 0 Å². The van der Waals surface area contributed by atoms with Gasteiger partial charge in [-0.2, -0.15) is 0 Å². The molecule has 194 valence electrons. The molecule has 0 unspecified atom stereocenters. The molecule has 7 nitrogen and oxygen atoms in total. The number of hydrogen-bond donors (Lipinski definition) is 1. The zero-order chi connectivity index (χ0) is 26.5. The number of hydrogen-bond acceptors (Lipinski definition) is 7. The fourth-order valence-electron chi connectivity index (χ4n) is 5.12. The van der Waals surface area contributed by atoms with Crippen molar-refractivity contribution < 1.29 is 19.4 Å². The van der Waals surface area contributed by atoms with Crippen LogP contribution in [-0.4, -0.2) is 46.3 Å². The molecule has 2 aromatic carbocycles. The molecule has 1 aliphatic rings. The summed E-state index contributed by atoms with van der Waals surface area (Å²) in [4.78, 5) is 24.7. The largest absolute Gasteiger partial charge is 0.493 e. The molecule has 37 heavy (non-hydrogen) atoms. The summed E-state index contributed by atoms with van der Waals surface area (Å²) in [5, 5.41) is 12.3. The Kier molecular flexibility index (Phi) is 6.58. The summed E-state index contributed by atoms with van der Waals surface area (Å²) in [6.07, 6.45) is 1.49. The second-order valence-corrected chi connectivity index (χ2v) is 11.3. The normalized spacial score (nSPS) is 14.1. The minimum absolute atomic E-state index is 0.633. The van der Waals surface area contributed by atoms with Gasteiger partial charge in [0, 0.05) is 47.8 Å². The van der Waals surface area contributed by atoms with Gasteiger partial charge in [-0.15, -0.1) is 0 Å². The molecule has 1 N–H and O–H groups in total. The molecule has 5 rings (SSSR count). The van der Waals surface area contributed by atoms with Crippen LogP contribution in [0.5, 0.6) is 5.75 Å². The number of carbonyl (C=O) groups is 1. The van der Waals surface area contributed by atoms with Crippen molar-refractivity contribution in [2.75, 3.05) is 24.6 Å². The second kappa shape index (κ2) is 9.58. The third-order valence-electron chi connectivity index (χ3n) is 6.75. The van der Waals surface area contributed by atoms with Crippen molar-refractivity contribution in [2.45, 2.75) is 59.7 Å². The number of pyridine rings is 1. The van der Waals surface area contributed by atoms with Gasteiger partial charge in [-0.1, -0.05) is 11.3 Å². The number of carboxylic acid groups (broad SMARTS) is 1. The molecule has 0 fully saturated rings. The van der Waals surface area contributed by atoms with Gasteiger partial charge in [0.2, 0.25) is 0 Å². The first-order valence-electron chi connectivity index (χ1n) is 12.8. The van der Waals surface area contributed by atoms with Gasteiger partial charge in [-0.3, -0.25) is 4.98 Å². The van der Waals surface area contributed by atoms with E-state index in [0.717, 1.165) is 68.2 Å². The highest BCUT2D eigenvalue weighted by Gasteiger charge is 2.33. The van der Waals surface area contributed by atoms with Gasteiger partial charge >= 0.3 is 5.97 Å². The van der Waals surface area contributed by atoms with Crippen LogP contribution >= 0.6 is 11.3 Å². The van der Waals surface area contributed by atoms with Gasteiger partial charge in [-0.05, 0) is 76.9 Å². The monoisotopic (exact) mass is 519 g/mol. The molecular formula is C29H33N3O4S. The van der Waals surface area contributed by atoms with E-state index in [9.17, 15) is 9.90 Å². The Morgan fingerprint density at radius 3 is 2.68 bits per heavy atom. The molecule has 0 saturated carbocycles. The van der Waals surface area contributed by atoms with Crippen LogP contribution in [0.25, 0.3) is 32.2 Å². The predicted octanol–water partition coefficient (Wildman–Crippen LogP) is 6.54. The van der Waals surface area contributed by atoms with Crippen molar-refractivity contribution in [3.63, 3.8) is 0 Å². The van der Waals surface area contributed by atoms with E-state index in [1.54, 1.807) is 11.3 Å². The summed E-state index contributed by atoms with van der Waals surface area (Å²) >= 11 is 1.59. The van der Waals surface area contributed by atoms with Gasteiger partial charge in [0.1, 0.15) is 5.75 Å². The van der Waals surface area contributed by atoms with Crippen LogP contribution in [0, 0.1) is 6.92 Å². The molecule has 4 aromatic rings. The molecule has 3 heterocycles. The molecule has 0 aliphatic carbocycles. The number of carboxylic acids is 1. The van der Waals surface area contributed by atoms with Crippen molar-refractivity contribution >= 4 is 43.6 Å². The zero-order valence-corrected chi connectivity index (χ0v) is 23.0. The smallest absolute Gasteiger partial charge is 0.337 e. The number of rotatable bonds is 7. The van der Waals surface area contributed by atoms with Crippen molar-refractivity contribution in [3.05, 3.63) is 47.2 Å². The Labute approximate surface area is 221 Å². The Hall–Kier alpha value is -3.23. The van der Waals surface area contributed by atoms with Crippen molar-refractivity contribution in [2.24, 2.45) is 0 Å². The SMILES string of the molecule is CCN(CC)c1nc2cc(C)c([C@H](OC(C)(C)C)C(=O)O)c(-c3ccc4c5c(ccnc35)CCO4)c2s1. The van der Waals surface area contributed by atoms with Crippen LogP contribution in [0.2, 0.25) is 0 Å². The fraction of sp³-hybridized carbons (Fsp3) is 0.414. The molecular weight excluding hydrogens is 486 g/mol. The topological polar surface area (TPSA) is 84.8 Å². The van der Waals surface area contributed by atoms with Crippen molar-refractivity contribution in [3.8, 4) is 16.9 Å². The predicted molar refractivity (Wildman–Crippen MR) is 149 cm³/mol. The Morgan fingerprint density at radius 2 is 2.00 bits per heavy atom. The van der Waals surface area contributed by atoms with Crippen LogP contribution in [-0.2, 0) is 16.0 Å². The van der Waals surface area contributed by atoms with Gasteiger partial charge in [-0.25, -0.2) is 9.78 Å². The fourth-order valence-corrected chi connectivity index (χ4v) is 6.37. The maximum atomic E-state index is 12.7. The van der Waals surface area contributed by atoms with Crippen LogP contribution in [0.4, 0.5) is 5.13 Å². The summed E-state index contributed by atoms with van der Waals surface area (Å²) in [6.45, 7) is 14.1. The lowest BCUT2D eigenvalue weighted by molar-refractivity contribution is -0.160. The number of fused-ring (bicyclic) bond motifs is 1. The van der Waals surface area contributed by atoms with Gasteiger partial charge < -0.3 is 19.5 Å². The van der Waals surface area contributed by atoms with Crippen molar-refractivity contribution in [1.29, 1.82) is 0 Å². The van der Waals surface area contributed by atoms with E-state index in [2.05, 4.69) is 18.7 Å². The molecule has 0 radical (unpaired) electrons. The third-order valence-corrected chi connectivity index (χ3v) is 7.90. The minimum atomic E-state index is -1.15. The second-order valence-electron chi connectivity index (χ2n) is 10.4. The molecule has 0 amide bonds. The van der Waals surface area contributed by atoms with Crippen LogP contribution in [0.3, 0.4) is 0 Å². The average Bonchev–Trinajstić information content (AvgIpc) is 3.26. The average molecular weight is 520 g/mol. The first-order valence-corrected chi connectivity index (χ1v) is 13.6. The maximum absolute atomic E-state index is 12.7. The van der Waals surface area contributed by atoms with E-state index < -0.39 is 17.7 Å². The summed E-state index contributed by atoms with van der Waals surface area (Å²) in [6, 6.07) is 8.01. The number of nitrogens with zero attached hydrogens (tertiary/aromatic N) is 3. The standard InChI is InChI=1S/C29H33N3O4S/c1-7-32(8-2)28-31-19-15-16(3)21(25(27(33)34)36-29(4,5)6)23(26(19)37-28)18-9-10-20-22-17(12-14-35-20)11-13-30-24(18)22/h9-11,13,15,25H,7-8,12,14H2,1-6H3,(H,33,34)/t25-/m0/s1. The maximum Gasteiger partial charge on any atom is 0.337 e. The number of aliphatic carboxylic acids is 1. The van der Waals surface area contributed by atoms with E-state index >= 15 is 0 Å².